The van der Waals surface area contributed by atoms with Crippen LogP contribution in [-0.2, 0) is 4.79 Å². The third-order valence-electron chi connectivity index (χ3n) is 1.48. The van der Waals surface area contributed by atoms with Crippen LogP contribution in [0.4, 0.5) is 5.82 Å². The second kappa shape index (κ2) is 4.82. The highest BCUT2D eigenvalue weighted by atomic mass is 35.5. The molecule has 0 unspecified atom stereocenters. The maximum absolute atomic E-state index is 11.1. The van der Waals surface area contributed by atoms with Crippen LogP contribution in [0, 0.1) is 6.92 Å². The van der Waals surface area contributed by atoms with Crippen LogP contribution in [0.1, 0.15) is 12.1 Å². The lowest BCUT2D eigenvalue weighted by Gasteiger charge is -2.02. The topological polar surface area (TPSA) is 42.0 Å². The van der Waals surface area contributed by atoms with Crippen molar-refractivity contribution in [3.05, 3.63) is 23.9 Å². The van der Waals surface area contributed by atoms with Crippen molar-refractivity contribution in [2.45, 2.75) is 13.3 Å². The summed E-state index contributed by atoms with van der Waals surface area (Å²) < 4.78 is 0. The van der Waals surface area contributed by atoms with Crippen molar-refractivity contribution >= 4 is 23.3 Å². The Balaban J connectivity index is 2.58. The van der Waals surface area contributed by atoms with Gasteiger partial charge in [-0.2, -0.15) is 0 Å². The van der Waals surface area contributed by atoms with Crippen molar-refractivity contribution in [1.82, 2.24) is 4.98 Å². The minimum atomic E-state index is -0.104. The van der Waals surface area contributed by atoms with Crippen LogP contribution in [-0.4, -0.2) is 16.8 Å². The molecule has 0 aliphatic carbocycles. The Bertz CT molecular complexity index is 301. The van der Waals surface area contributed by atoms with Gasteiger partial charge in [0.25, 0.3) is 0 Å². The molecule has 0 spiro atoms. The molecule has 1 aromatic heterocycles. The molecule has 0 fully saturated rings. The Kier molecular flexibility index (Phi) is 3.71. The highest BCUT2D eigenvalue weighted by Gasteiger charge is 2.01. The van der Waals surface area contributed by atoms with Crippen molar-refractivity contribution in [1.29, 1.82) is 0 Å². The summed E-state index contributed by atoms with van der Waals surface area (Å²) in [5, 5.41) is 2.65. The molecule has 1 amide bonds. The first-order valence-electron chi connectivity index (χ1n) is 4.02. The van der Waals surface area contributed by atoms with E-state index >= 15 is 0 Å². The highest BCUT2D eigenvalue weighted by Crippen LogP contribution is 2.04. The molecule has 0 radical (unpaired) electrons. The minimum Gasteiger partial charge on any atom is -0.311 e. The van der Waals surface area contributed by atoms with Gasteiger partial charge < -0.3 is 5.32 Å². The van der Waals surface area contributed by atoms with Crippen molar-refractivity contribution in [2.24, 2.45) is 0 Å². The minimum absolute atomic E-state index is 0.104. The van der Waals surface area contributed by atoms with Crippen LogP contribution >= 0.6 is 11.6 Å². The largest absolute Gasteiger partial charge is 0.311 e. The number of hydrogen-bond donors (Lipinski definition) is 1. The molecule has 4 heteroatoms. The monoisotopic (exact) mass is 198 g/mol. The van der Waals surface area contributed by atoms with Crippen molar-refractivity contribution in [2.75, 3.05) is 11.2 Å². The molecular weight excluding hydrogens is 188 g/mol. The molecule has 1 rings (SSSR count). The Labute approximate surface area is 82.1 Å². The van der Waals surface area contributed by atoms with Gasteiger partial charge in [-0.15, -0.1) is 11.6 Å². The average Bonchev–Trinajstić information content (AvgIpc) is 2.04. The number of carbonyl (C=O) groups is 1. The van der Waals surface area contributed by atoms with Crippen molar-refractivity contribution in [3.8, 4) is 0 Å². The van der Waals surface area contributed by atoms with Gasteiger partial charge in [-0.05, 0) is 19.1 Å². The molecule has 0 aromatic carbocycles. The first-order valence-corrected chi connectivity index (χ1v) is 4.55. The average molecular weight is 199 g/mol. The molecule has 0 saturated carbocycles. The van der Waals surface area contributed by atoms with E-state index in [0.29, 0.717) is 18.1 Å². The number of aryl methyl sites for hydroxylation is 1. The van der Waals surface area contributed by atoms with Gasteiger partial charge in [0.1, 0.15) is 5.82 Å². The SMILES string of the molecule is Cc1cccc(NC(=O)CCCl)n1. The Morgan fingerprint density at radius 3 is 3.00 bits per heavy atom. The number of pyridine rings is 1. The predicted octanol–water partition coefficient (Wildman–Crippen LogP) is 1.96. The Morgan fingerprint density at radius 2 is 2.38 bits per heavy atom. The van der Waals surface area contributed by atoms with E-state index in [0.717, 1.165) is 5.69 Å². The molecule has 0 atom stereocenters. The molecule has 70 valence electrons. The second-order valence-electron chi connectivity index (χ2n) is 2.65. The number of nitrogens with one attached hydrogen (secondary N) is 1. The summed E-state index contributed by atoms with van der Waals surface area (Å²) in [6.45, 7) is 1.87. The van der Waals surface area contributed by atoms with E-state index in [-0.39, 0.29) is 5.91 Å². The number of anilines is 1. The van der Waals surface area contributed by atoms with Crippen LogP contribution in [0.5, 0.6) is 0 Å². The second-order valence-corrected chi connectivity index (χ2v) is 3.03. The summed E-state index contributed by atoms with van der Waals surface area (Å²) in [7, 11) is 0. The first kappa shape index (κ1) is 9.99. The van der Waals surface area contributed by atoms with Crippen LogP contribution < -0.4 is 5.32 Å². The fraction of sp³-hybridized carbons (Fsp3) is 0.333. The normalized spacial score (nSPS) is 9.69. The lowest BCUT2D eigenvalue weighted by atomic mass is 10.3. The smallest absolute Gasteiger partial charge is 0.226 e. The van der Waals surface area contributed by atoms with Crippen molar-refractivity contribution in [3.63, 3.8) is 0 Å². The zero-order chi connectivity index (χ0) is 9.68. The van der Waals surface area contributed by atoms with E-state index in [1.54, 1.807) is 6.07 Å². The third kappa shape index (κ3) is 3.42. The maximum atomic E-state index is 11.1. The number of aromatic nitrogens is 1. The van der Waals surface area contributed by atoms with Gasteiger partial charge in [0.2, 0.25) is 5.91 Å². The molecule has 13 heavy (non-hydrogen) atoms. The van der Waals surface area contributed by atoms with Crippen LogP contribution in [0.15, 0.2) is 18.2 Å². The first-order chi connectivity index (χ1) is 6.22. The van der Waals surface area contributed by atoms with Gasteiger partial charge in [-0.3, -0.25) is 4.79 Å². The van der Waals surface area contributed by atoms with Gasteiger partial charge in [0, 0.05) is 18.0 Å². The zero-order valence-corrected chi connectivity index (χ0v) is 8.14. The molecule has 0 bridgehead atoms. The van der Waals surface area contributed by atoms with Crippen LogP contribution in [0.2, 0.25) is 0 Å². The molecule has 1 heterocycles. The van der Waals surface area contributed by atoms with Crippen LogP contribution in [0.3, 0.4) is 0 Å². The summed E-state index contributed by atoms with van der Waals surface area (Å²) in [6, 6.07) is 5.47. The third-order valence-corrected chi connectivity index (χ3v) is 1.67. The van der Waals surface area contributed by atoms with Gasteiger partial charge in [-0.25, -0.2) is 4.98 Å². The Hall–Kier alpha value is -1.09. The fourth-order valence-corrected chi connectivity index (χ4v) is 1.08. The summed E-state index contributed by atoms with van der Waals surface area (Å²) in [5.41, 5.74) is 0.878. The van der Waals surface area contributed by atoms with Crippen LogP contribution in [0.25, 0.3) is 0 Å². The lowest BCUT2D eigenvalue weighted by molar-refractivity contribution is -0.115. The number of amides is 1. The van der Waals surface area contributed by atoms with E-state index in [1.165, 1.54) is 0 Å². The number of alkyl halides is 1. The number of nitrogens with zero attached hydrogens (tertiary/aromatic N) is 1. The van der Waals surface area contributed by atoms with E-state index in [1.807, 2.05) is 19.1 Å². The summed E-state index contributed by atoms with van der Waals surface area (Å²) in [4.78, 5) is 15.2. The van der Waals surface area contributed by atoms with Gasteiger partial charge in [0.15, 0.2) is 0 Å². The van der Waals surface area contributed by atoms with E-state index in [4.69, 9.17) is 11.6 Å². The molecule has 0 aliphatic heterocycles. The summed E-state index contributed by atoms with van der Waals surface area (Å²) in [6.07, 6.45) is 0.317. The fourth-order valence-electron chi connectivity index (χ4n) is 0.904. The van der Waals surface area contributed by atoms with E-state index in [9.17, 15) is 4.79 Å². The predicted molar refractivity (Wildman–Crippen MR) is 52.9 cm³/mol. The van der Waals surface area contributed by atoms with Gasteiger partial charge in [-0.1, -0.05) is 6.07 Å². The van der Waals surface area contributed by atoms with Gasteiger partial charge in [0.05, 0.1) is 0 Å². The molecule has 1 N–H and O–H groups in total. The van der Waals surface area contributed by atoms with E-state index < -0.39 is 0 Å². The maximum Gasteiger partial charge on any atom is 0.226 e. The zero-order valence-electron chi connectivity index (χ0n) is 7.38. The number of rotatable bonds is 3. The molecule has 1 aromatic rings. The molecule has 3 nitrogen and oxygen atoms in total. The number of halogens is 1. The molecular formula is C9H11ClN2O. The summed E-state index contributed by atoms with van der Waals surface area (Å²) in [5.74, 6) is 0.806. The Morgan fingerprint density at radius 1 is 1.62 bits per heavy atom. The highest BCUT2D eigenvalue weighted by molar-refractivity contribution is 6.19. The van der Waals surface area contributed by atoms with Crippen molar-refractivity contribution < 1.29 is 4.79 Å². The number of hydrogen-bond acceptors (Lipinski definition) is 2. The molecule has 0 saturated heterocycles. The number of carbonyl (C=O) groups excluding carboxylic acids is 1. The lowest BCUT2D eigenvalue weighted by Crippen LogP contribution is -2.12. The van der Waals surface area contributed by atoms with Gasteiger partial charge >= 0.3 is 0 Å². The standard InChI is InChI=1S/C9H11ClN2O/c1-7-3-2-4-8(11-7)12-9(13)5-6-10/h2-4H,5-6H2,1H3,(H,11,12,13). The molecule has 0 aliphatic rings. The quantitative estimate of drug-likeness (QED) is 0.755. The summed E-state index contributed by atoms with van der Waals surface area (Å²) >= 11 is 5.41. The van der Waals surface area contributed by atoms with E-state index in [2.05, 4.69) is 10.3 Å².